The Morgan fingerprint density at radius 1 is 1.14 bits per heavy atom. The molecule has 0 radical (unpaired) electrons. The highest BCUT2D eigenvalue weighted by atomic mass is 35.5. The summed E-state index contributed by atoms with van der Waals surface area (Å²) in [6.45, 7) is 3.42. The van der Waals surface area contributed by atoms with E-state index in [2.05, 4.69) is 15.0 Å². The molecule has 3 heterocycles. The van der Waals surface area contributed by atoms with Crippen LogP contribution in [0.4, 0.5) is 4.39 Å². The van der Waals surface area contributed by atoms with Gasteiger partial charge in [0.1, 0.15) is 17.4 Å². The second kappa shape index (κ2) is 9.93. The molecule has 1 aliphatic rings. The van der Waals surface area contributed by atoms with Gasteiger partial charge < -0.3 is 14.2 Å². The number of alkyl halides is 1. The number of carbonyl (C=O) groups is 1. The third-order valence-electron chi connectivity index (χ3n) is 6.13. The Hall–Kier alpha value is -3.40. The average Bonchev–Trinajstić information content (AvgIpc) is 3.39. The van der Waals surface area contributed by atoms with E-state index >= 15 is 4.39 Å². The Morgan fingerprint density at radius 2 is 1.83 bits per heavy atom. The van der Waals surface area contributed by atoms with E-state index in [9.17, 15) is 4.79 Å². The minimum absolute atomic E-state index is 0.0492. The summed E-state index contributed by atoms with van der Waals surface area (Å²) >= 11 is 6.25. The maximum absolute atomic E-state index is 16.1. The molecule has 0 N–H and O–H groups in total. The standard InChI is InChI=1S/C26H24ClFN4O4/c1-16-30-22(27)20-23(31-16)32(15-29-20)25-26(2,36-24(33)18-11-7-4-8-12-18)21(28)19(35-25)14-34-13-17-9-5-3-6-10-17/h3-12,15,19,21,25H,13-14H2,1-2H3/t19-,21-,25-,26-/m1/s1. The predicted octanol–water partition coefficient (Wildman–Crippen LogP) is 4.86. The molecule has 10 heteroatoms. The molecule has 8 nitrogen and oxygen atoms in total. The summed E-state index contributed by atoms with van der Waals surface area (Å²) in [5.41, 5.74) is 0.208. The van der Waals surface area contributed by atoms with Crippen LogP contribution in [0.15, 0.2) is 67.0 Å². The van der Waals surface area contributed by atoms with Crippen LogP contribution in [0.3, 0.4) is 0 Å². The van der Waals surface area contributed by atoms with Gasteiger partial charge in [-0.05, 0) is 31.5 Å². The number of hydrogen-bond donors (Lipinski definition) is 0. The number of benzene rings is 2. The van der Waals surface area contributed by atoms with E-state index in [1.165, 1.54) is 17.8 Å². The number of nitrogens with zero attached hydrogens (tertiary/aromatic N) is 4. The smallest absolute Gasteiger partial charge is 0.338 e. The molecule has 5 rings (SSSR count). The minimum atomic E-state index is -1.72. The quantitative estimate of drug-likeness (QED) is 0.259. The van der Waals surface area contributed by atoms with Crippen LogP contribution < -0.4 is 0 Å². The molecule has 0 bridgehead atoms. The molecule has 0 unspecified atom stereocenters. The Balaban J connectivity index is 1.46. The molecule has 0 saturated carbocycles. The summed E-state index contributed by atoms with van der Waals surface area (Å²) in [4.78, 5) is 25.8. The SMILES string of the molecule is Cc1nc(Cl)c2ncn([C@@H]3O[C@H](COCc4ccccc4)[C@@H](F)[C@@]3(C)OC(=O)c3ccccc3)c2n1. The highest BCUT2D eigenvalue weighted by Gasteiger charge is 2.59. The zero-order valence-electron chi connectivity index (χ0n) is 19.7. The number of halogens is 2. The molecule has 2 aromatic carbocycles. The number of imidazole rings is 1. The van der Waals surface area contributed by atoms with Crippen LogP contribution in [0.5, 0.6) is 0 Å². The topological polar surface area (TPSA) is 88.4 Å². The number of hydrogen-bond acceptors (Lipinski definition) is 7. The lowest BCUT2D eigenvalue weighted by Gasteiger charge is -2.31. The molecule has 1 aliphatic heterocycles. The van der Waals surface area contributed by atoms with E-state index in [0.29, 0.717) is 22.6 Å². The molecule has 4 atom stereocenters. The number of aromatic nitrogens is 4. The average molecular weight is 511 g/mol. The molecular weight excluding hydrogens is 487 g/mol. The molecule has 2 aromatic heterocycles. The van der Waals surface area contributed by atoms with Crippen molar-refractivity contribution in [3.63, 3.8) is 0 Å². The number of rotatable bonds is 7. The predicted molar refractivity (Wildman–Crippen MR) is 130 cm³/mol. The Bertz CT molecular complexity index is 1370. The molecule has 186 valence electrons. The molecule has 0 spiro atoms. The lowest BCUT2D eigenvalue weighted by molar-refractivity contribution is -0.102. The van der Waals surface area contributed by atoms with Crippen molar-refractivity contribution in [1.29, 1.82) is 0 Å². The summed E-state index contributed by atoms with van der Waals surface area (Å²) < 4.78 is 35.3. The van der Waals surface area contributed by atoms with Crippen molar-refractivity contribution in [3.05, 3.63) is 89.1 Å². The lowest BCUT2D eigenvalue weighted by Crippen LogP contribution is -2.46. The van der Waals surface area contributed by atoms with Gasteiger partial charge in [0.05, 0.1) is 25.1 Å². The maximum Gasteiger partial charge on any atom is 0.338 e. The molecule has 0 amide bonds. The van der Waals surface area contributed by atoms with Gasteiger partial charge in [-0.15, -0.1) is 0 Å². The van der Waals surface area contributed by atoms with Crippen LogP contribution in [0, 0.1) is 6.92 Å². The van der Waals surface area contributed by atoms with E-state index < -0.39 is 30.1 Å². The fourth-order valence-corrected chi connectivity index (χ4v) is 4.56. The number of ether oxygens (including phenoxy) is 3. The van der Waals surface area contributed by atoms with Gasteiger partial charge in [-0.25, -0.2) is 24.1 Å². The van der Waals surface area contributed by atoms with Gasteiger partial charge in [-0.2, -0.15) is 0 Å². The fourth-order valence-electron chi connectivity index (χ4n) is 4.30. The molecular formula is C26H24ClFN4O4. The van der Waals surface area contributed by atoms with Gasteiger partial charge in [0, 0.05) is 0 Å². The first-order valence-electron chi connectivity index (χ1n) is 11.4. The van der Waals surface area contributed by atoms with Crippen LogP contribution in [-0.4, -0.2) is 50.0 Å². The summed E-state index contributed by atoms with van der Waals surface area (Å²) in [7, 11) is 0. The van der Waals surface area contributed by atoms with Crippen LogP contribution in [0.2, 0.25) is 5.15 Å². The first-order chi connectivity index (χ1) is 17.4. The van der Waals surface area contributed by atoms with E-state index in [1.807, 2.05) is 30.3 Å². The van der Waals surface area contributed by atoms with Gasteiger partial charge >= 0.3 is 5.97 Å². The van der Waals surface area contributed by atoms with E-state index in [0.717, 1.165) is 5.56 Å². The second-order valence-electron chi connectivity index (χ2n) is 8.75. The highest BCUT2D eigenvalue weighted by molar-refractivity contribution is 6.33. The van der Waals surface area contributed by atoms with Gasteiger partial charge in [0.15, 0.2) is 28.8 Å². The number of carbonyl (C=O) groups excluding carboxylic acids is 1. The van der Waals surface area contributed by atoms with Crippen molar-refractivity contribution in [2.45, 2.75) is 44.6 Å². The molecule has 4 aromatic rings. The highest BCUT2D eigenvalue weighted by Crippen LogP contribution is 2.44. The monoisotopic (exact) mass is 510 g/mol. The number of aryl methyl sites for hydroxylation is 1. The molecule has 1 saturated heterocycles. The first kappa shape index (κ1) is 24.3. The van der Waals surface area contributed by atoms with Crippen LogP contribution in [0.1, 0.15) is 34.9 Å². The van der Waals surface area contributed by atoms with Crippen LogP contribution in [0.25, 0.3) is 11.2 Å². The normalized spacial score (nSPS) is 23.7. The Kier molecular flexibility index (Phi) is 6.70. The summed E-state index contributed by atoms with van der Waals surface area (Å²) in [6, 6.07) is 17.9. The van der Waals surface area contributed by atoms with Crippen LogP contribution >= 0.6 is 11.6 Å². The first-order valence-corrected chi connectivity index (χ1v) is 11.8. The van der Waals surface area contributed by atoms with E-state index in [-0.39, 0.29) is 18.4 Å². The van der Waals surface area contributed by atoms with Crippen LogP contribution in [-0.2, 0) is 20.8 Å². The van der Waals surface area contributed by atoms with Crippen molar-refractivity contribution in [2.75, 3.05) is 6.61 Å². The Labute approximate surface area is 212 Å². The zero-order chi connectivity index (χ0) is 25.3. The number of fused-ring (bicyclic) bond motifs is 1. The molecule has 1 fully saturated rings. The maximum atomic E-state index is 16.1. The van der Waals surface area contributed by atoms with Gasteiger partial charge in [-0.1, -0.05) is 60.1 Å². The molecule has 36 heavy (non-hydrogen) atoms. The largest absolute Gasteiger partial charge is 0.448 e. The van der Waals surface area contributed by atoms with Crippen molar-refractivity contribution < 1.29 is 23.4 Å². The summed E-state index contributed by atoms with van der Waals surface area (Å²) in [5, 5.41) is 0.164. The van der Waals surface area contributed by atoms with Crippen molar-refractivity contribution >= 4 is 28.7 Å². The van der Waals surface area contributed by atoms with Gasteiger partial charge in [0.25, 0.3) is 0 Å². The third-order valence-corrected chi connectivity index (χ3v) is 6.39. The Morgan fingerprint density at radius 3 is 2.56 bits per heavy atom. The van der Waals surface area contributed by atoms with E-state index in [4.69, 9.17) is 25.8 Å². The van der Waals surface area contributed by atoms with Crippen molar-refractivity contribution in [3.8, 4) is 0 Å². The number of esters is 1. The second-order valence-corrected chi connectivity index (χ2v) is 9.11. The van der Waals surface area contributed by atoms with E-state index in [1.54, 1.807) is 37.3 Å². The lowest BCUT2D eigenvalue weighted by atomic mass is 9.97. The van der Waals surface area contributed by atoms with Gasteiger partial charge in [0.2, 0.25) is 0 Å². The summed E-state index contributed by atoms with van der Waals surface area (Å²) in [5.74, 6) is -0.261. The minimum Gasteiger partial charge on any atom is -0.448 e. The van der Waals surface area contributed by atoms with Crippen molar-refractivity contribution in [1.82, 2.24) is 19.5 Å². The third kappa shape index (κ3) is 4.57. The van der Waals surface area contributed by atoms with Crippen molar-refractivity contribution in [2.24, 2.45) is 0 Å². The fraction of sp³-hybridized carbons (Fsp3) is 0.308. The summed E-state index contributed by atoms with van der Waals surface area (Å²) in [6.07, 6.45) is -2.37. The zero-order valence-corrected chi connectivity index (χ0v) is 20.4. The van der Waals surface area contributed by atoms with Gasteiger partial charge in [-0.3, -0.25) is 4.57 Å². The molecule has 0 aliphatic carbocycles.